The van der Waals surface area contributed by atoms with Gasteiger partial charge in [-0.2, -0.15) is 0 Å². The second-order valence-corrected chi connectivity index (χ2v) is 2.73. The summed E-state index contributed by atoms with van der Waals surface area (Å²) < 4.78 is 0. The van der Waals surface area contributed by atoms with E-state index >= 15 is 0 Å². The molecule has 0 aliphatic heterocycles. The van der Waals surface area contributed by atoms with E-state index < -0.39 is 0 Å². The fourth-order valence-electron chi connectivity index (χ4n) is 1.34. The number of halogens is 2. The predicted octanol–water partition coefficient (Wildman–Crippen LogP) is 2.96. The average Bonchev–Trinajstić information content (AvgIpc) is 2.10. The van der Waals surface area contributed by atoms with E-state index in [0.29, 0.717) is 0 Å². The molecular weight excluding hydrogens is 219 g/mol. The summed E-state index contributed by atoms with van der Waals surface area (Å²) in [5, 5.41) is 0. The van der Waals surface area contributed by atoms with E-state index in [0.717, 1.165) is 24.5 Å². The number of anilines is 2. The minimum atomic E-state index is 0. The Kier molecular flexibility index (Phi) is 8.80. The number of nitrogens with zero attached hydrogens (tertiary/aromatic N) is 1. The Bertz CT molecular complexity index is 250. The third kappa shape index (κ3) is 3.64. The van der Waals surface area contributed by atoms with E-state index in [2.05, 4.69) is 24.8 Å². The highest BCUT2D eigenvalue weighted by Gasteiger charge is 2.03. The second-order valence-electron chi connectivity index (χ2n) is 2.73. The van der Waals surface area contributed by atoms with Crippen molar-refractivity contribution in [3.05, 3.63) is 24.3 Å². The molecule has 0 spiro atoms. The van der Waals surface area contributed by atoms with Crippen molar-refractivity contribution in [3.63, 3.8) is 0 Å². The summed E-state index contributed by atoms with van der Waals surface area (Å²) >= 11 is 0. The highest BCUT2D eigenvalue weighted by atomic mass is 35.5. The molecule has 1 rings (SSSR count). The van der Waals surface area contributed by atoms with Gasteiger partial charge in [-0.1, -0.05) is 12.1 Å². The zero-order chi connectivity index (χ0) is 8.97. The maximum atomic E-state index is 5.83. The minimum Gasteiger partial charge on any atom is -0.397 e. The van der Waals surface area contributed by atoms with Gasteiger partial charge in [0, 0.05) is 13.1 Å². The van der Waals surface area contributed by atoms with Crippen LogP contribution in [0.4, 0.5) is 11.4 Å². The zero-order valence-corrected chi connectivity index (χ0v) is 10.2. The quantitative estimate of drug-likeness (QED) is 0.819. The molecule has 0 heterocycles. The van der Waals surface area contributed by atoms with Gasteiger partial charge in [-0.25, -0.2) is 0 Å². The van der Waals surface area contributed by atoms with Crippen LogP contribution in [-0.4, -0.2) is 13.1 Å². The van der Waals surface area contributed by atoms with Gasteiger partial charge in [-0.3, -0.25) is 0 Å². The van der Waals surface area contributed by atoms with Gasteiger partial charge in [0.1, 0.15) is 0 Å². The first-order chi connectivity index (χ1) is 5.79. The summed E-state index contributed by atoms with van der Waals surface area (Å²) in [6.45, 7) is 6.28. The Labute approximate surface area is 98.3 Å². The zero-order valence-electron chi connectivity index (χ0n) is 8.56. The van der Waals surface area contributed by atoms with Crippen molar-refractivity contribution in [2.24, 2.45) is 0 Å². The smallest absolute Gasteiger partial charge is 0.0599 e. The van der Waals surface area contributed by atoms with Crippen molar-refractivity contribution in [3.8, 4) is 0 Å². The van der Waals surface area contributed by atoms with Crippen LogP contribution in [0.3, 0.4) is 0 Å². The van der Waals surface area contributed by atoms with E-state index in [9.17, 15) is 0 Å². The maximum Gasteiger partial charge on any atom is 0.0599 e. The van der Waals surface area contributed by atoms with Crippen LogP contribution in [0.15, 0.2) is 24.3 Å². The summed E-state index contributed by atoms with van der Waals surface area (Å²) in [4.78, 5) is 2.25. The van der Waals surface area contributed by atoms with Gasteiger partial charge in [0.25, 0.3) is 0 Å². The van der Waals surface area contributed by atoms with Gasteiger partial charge in [0.2, 0.25) is 0 Å². The Morgan fingerprint density at radius 3 is 2.00 bits per heavy atom. The van der Waals surface area contributed by atoms with Gasteiger partial charge >= 0.3 is 0 Å². The Balaban J connectivity index is 0. The number of nitrogens with two attached hydrogens (primary N) is 1. The van der Waals surface area contributed by atoms with Gasteiger partial charge in [-0.05, 0) is 26.0 Å². The number of nitrogen functional groups attached to an aromatic ring is 1. The lowest BCUT2D eigenvalue weighted by Gasteiger charge is -2.22. The number of rotatable bonds is 3. The van der Waals surface area contributed by atoms with Gasteiger partial charge < -0.3 is 10.6 Å². The highest BCUT2D eigenvalue weighted by Crippen LogP contribution is 2.21. The van der Waals surface area contributed by atoms with Crippen LogP contribution in [-0.2, 0) is 0 Å². The molecule has 0 aliphatic carbocycles. The molecule has 82 valence electrons. The summed E-state index contributed by atoms with van der Waals surface area (Å²) in [6, 6.07) is 7.97. The lowest BCUT2D eigenvalue weighted by molar-refractivity contribution is 0.868. The molecule has 0 aliphatic rings. The molecule has 2 N–H and O–H groups in total. The molecule has 4 heteroatoms. The molecule has 0 saturated carbocycles. The SMILES string of the molecule is CCN(CC)c1ccccc1N.Cl.Cl. The fraction of sp³-hybridized carbons (Fsp3) is 0.400. The molecule has 0 aromatic heterocycles. The van der Waals surface area contributed by atoms with E-state index in [1.807, 2.05) is 18.2 Å². The molecule has 1 aromatic carbocycles. The van der Waals surface area contributed by atoms with Crippen molar-refractivity contribution in [2.45, 2.75) is 13.8 Å². The summed E-state index contributed by atoms with van der Waals surface area (Å²) in [5.74, 6) is 0. The van der Waals surface area contributed by atoms with Gasteiger partial charge in [0.05, 0.1) is 11.4 Å². The number of para-hydroxylation sites is 2. The molecule has 0 bridgehead atoms. The molecule has 1 aromatic rings. The van der Waals surface area contributed by atoms with Gasteiger partial charge in [-0.15, -0.1) is 24.8 Å². The van der Waals surface area contributed by atoms with Crippen molar-refractivity contribution in [1.29, 1.82) is 0 Å². The predicted molar refractivity (Wildman–Crippen MR) is 68.9 cm³/mol. The third-order valence-electron chi connectivity index (χ3n) is 2.04. The van der Waals surface area contributed by atoms with Crippen LogP contribution in [0.25, 0.3) is 0 Å². The van der Waals surface area contributed by atoms with Crippen molar-refractivity contribution < 1.29 is 0 Å². The summed E-state index contributed by atoms with van der Waals surface area (Å²) in [6.07, 6.45) is 0. The van der Waals surface area contributed by atoms with Crippen LogP contribution in [0.1, 0.15) is 13.8 Å². The van der Waals surface area contributed by atoms with E-state index in [4.69, 9.17) is 5.73 Å². The number of hydrogen-bond acceptors (Lipinski definition) is 2. The lowest BCUT2D eigenvalue weighted by atomic mass is 10.2. The first kappa shape index (κ1) is 15.9. The highest BCUT2D eigenvalue weighted by molar-refractivity contribution is 5.85. The van der Waals surface area contributed by atoms with Crippen LogP contribution >= 0.6 is 24.8 Å². The molecule has 0 fully saturated rings. The monoisotopic (exact) mass is 236 g/mol. The molecule has 0 saturated heterocycles. The van der Waals surface area contributed by atoms with Crippen molar-refractivity contribution in [1.82, 2.24) is 0 Å². The van der Waals surface area contributed by atoms with Crippen molar-refractivity contribution >= 4 is 36.2 Å². The summed E-state index contributed by atoms with van der Waals surface area (Å²) in [7, 11) is 0. The molecule has 14 heavy (non-hydrogen) atoms. The van der Waals surface area contributed by atoms with Crippen molar-refractivity contribution in [2.75, 3.05) is 23.7 Å². The average molecular weight is 237 g/mol. The van der Waals surface area contributed by atoms with Crippen LogP contribution in [0, 0.1) is 0 Å². The molecular formula is C10H18Cl2N2. The first-order valence-electron chi connectivity index (χ1n) is 4.39. The van der Waals surface area contributed by atoms with Crippen LogP contribution < -0.4 is 10.6 Å². The Morgan fingerprint density at radius 1 is 1.07 bits per heavy atom. The molecule has 0 amide bonds. The molecule has 0 radical (unpaired) electrons. The van der Waals surface area contributed by atoms with E-state index in [1.165, 1.54) is 0 Å². The lowest BCUT2D eigenvalue weighted by Crippen LogP contribution is -2.22. The molecule has 0 atom stereocenters. The Hall–Kier alpha value is -0.600. The summed E-state index contributed by atoms with van der Waals surface area (Å²) in [5.41, 5.74) is 7.83. The molecule has 2 nitrogen and oxygen atoms in total. The normalized spacial score (nSPS) is 8.43. The number of benzene rings is 1. The first-order valence-corrected chi connectivity index (χ1v) is 4.39. The van der Waals surface area contributed by atoms with E-state index in [1.54, 1.807) is 0 Å². The van der Waals surface area contributed by atoms with E-state index in [-0.39, 0.29) is 24.8 Å². The maximum absolute atomic E-state index is 5.83. The van der Waals surface area contributed by atoms with Crippen LogP contribution in [0.5, 0.6) is 0 Å². The fourth-order valence-corrected chi connectivity index (χ4v) is 1.34. The largest absolute Gasteiger partial charge is 0.397 e. The minimum absolute atomic E-state index is 0. The standard InChI is InChI=1S/C10H16N2.2ClH/c1-3-12(4-2)10-8-6-5-7-9(10)11;;/h5-8H,3-4,11H2,1-2H3;2*1H. The van der Waals surface area contributed by atoms with Crippen LogP contribution in [0.2, 0.25) is 0 Å². The number of hydrogen-bond donors (Lipinski definition) is 1. The molecule has 0 unspecified atom stereocenters. The Morgan fingerprint density at radius 2 is 1.57 bits per heavy atom. The van der Waals surface area contributed by atoms with Gasteiger partial charge in [0.15, 0.2) is 0 Å². The topological polar surface area (TPSA) is 29.3 Å². The second kappa shape index (κ2) is 7.77. The third-order valence-corrected chi connectivity index (χ3v) is 2.04.